The van der Waals surface area contributed by atoms with Gasteiger partial charge >= 0.3 is 0 Å². The van der Waals surface area contributed by atoms with Crippen molar-refractivity contribution in [2.24, 2.45) is 12.0 Å². The topological polar surface area (TPSA) is 86.9 Å². The van der Waals surface area contributed by atoms with E-state index in [1.807, 2.05) is 20.2 Å². The number of ether oxygens (including phenoxy) is 1. The molecule has 3 N–H and O–H groups in total. The molecule has 0 spiro atoms. The summed E-state index contributed by atoms with van der Waals surface area (Å²) in [6.45, 7) is 8.87. The number of rotatable bonds is 7. The zero-order chi connectivity index (χ0) is 20.7. The Morgan fingerprint density at radius 1 is 1.23 bits per heavy atom. The molecular formula is C21H33IN6O2. The normalized spacial score (nSPS) is 16.5. The van der Waals surface area contributed by atoms with E-state index in [1.165, 1.54) is 5.69 Å². The number of benzene rings is 1. The molecule has 1 aromatic carbocycles. The standard InChI is InChI=1S/C21H32N6O2.HI/c1-4-22-20(24-16-21(2,28)18-14-25-26(3)15-18)23-13-17-5-7-19(8-6-17)27-9-11-29-12-10-27;/h5-8,14-15,28H,4,9-13,16H2,1-3H3,(H2,22,23,24);1H. The second-order valence-electron chi connectivity index (χ2n) is 7.49. The van der Waals surface area contributed by atoms with Gasteiger partial charge in [0.2, 0.25) is 0 Å². The average molecular weight is 528 g/mol. The number of hydrogen-bond acceptors (Lipinski definition) is 5. The van der Waals surface area contributed by atoms with E-state index in [4.69, 9.17) is 4.74 Å². The van der Waals surface area contributed by atoms with Crippen LogP contribution in [0, 0.1) is 0 Å². The fourth-order valence-corrected chi connectivity index (χ4v) is 3.20. The molecule has 0 amide bonds. The molecule has 9 heteroatoms. The molecule has 0 bridgehead atoms. The second-order valence-corrected chi connectivity index (χ2v) is 7.49. The number of aliphatic imine (C=N–C) groups is 1. The van der Waals surface area contributed by atoms with Gasteiger partial charge in [-0.2, -0.15) is 5.10 Å². The Labute approximate surface area is 195 Å². The Hall–Kier alpha value is -1.85. The summed E-state index contributed by atoms with van der Waals surface area (Å²) in [5.74, 6) is 0.675. The van der Waals surface area contributed by atoms with Gasteiger partial charge in [-0.05, 0) is 31.5 Å². The van der Waals surface area contributed by atoms with Crippen LogP contribution >= 0.6 is 24.0 Å². The molecule has 0 aliphatic carbocycles. The zero-order valence-electron chi connectivity index (χ0n) is 18.0. The highest BCUT2D eigenvalue weighted by Crippen LogP contribution is 2.19. The lowest BCUT2D eigenvalue weighted by Crippen LogP contribution is -2.44. The van der Waals surface area contributed by atoms with Crippen molar-refractivity contribution in [2.45, 2.75) is 26.0 Å². The monoisotopic (exact) mass is 528 g/mol. The number of nitrogens with one attached hydrogen (secondary N) is 2. The van der Waals surface area contributed by atoms with E-state index in [1.54, 1.807) is 17.8 Å². The van der Waals surface area contributed by atoms with Gasteiger partial charge in [0.25, 0.3) is 0 Å². The minimum atomic E-state index is -1.04. The maximum atomic E-state index is 10.7. The molecule has 1 aliphatic rings. The smallest absolute Gasteiger partial charge is 0.191 e. The maximum absolute atomic E-state index is 10.7. The fraction of sp³-hybridized carbons (Fsp3) is 0.524. The van der Waals surface area contributed by atoms with Crippen molar-refractivity contribution >= 4 is 35.6 Å². The molecule has 2 heterocycles. The van der Waals surface area contributed by atoms with E-state index in [-0.39, 0.29) is 24.0 Å². The lowest BCUT2D eigenvalue weighted by Gasteiger charge is -2.28. The van der Waals surface area contributed by atoms with Crippen molar-refractivity contribution in [2.75, 3.05) is 44.3 Å². The third-order valence-electron chi connectivity index (χ3n) is 5.00. The Kier molecular flexibility index (Phi) is 9.37. The number of morpholine rings is 1. The quantitative estimate of drug-likeness (QED) is 0.289. The first-order valence-electron chi connectivity index (χ1n) is 10.1. The highest BCUT2D eigenvalue weighted by Gasteiger charge is 2.25. The first kappa shape index (κ1) is 24.4. The molecule has 1 unspecified atom stereocenters. The van der Waals surface area contributed by atoms with Gasteiger partial charge in [-0.1, -0.05) is 12.1 Å². The number of aliphatic hydroxyl groups is 1. The van der Waals surface area contributed by atoms with E-state index in [2.05, 4.69) is 49.9 Å². The van der Waals surface area contributed by atoms with Crippen LogP contribution in [-0.4, -0.2) is 60.2 Å². The van der Waals surface area contributed by atoms with Crippen LogP contribution in [-0.2, 0) is 23.9 Å². The van der Waals surface area contributed by atoms with Crippen LogP contribution in [0.3, 0.4) is 0 Å². The summed E-state index contributed by atoms with van der Waals surface area (Å²) in [6.07, 6.45) is 3.50. The zero-order valence-corrected chi connectivity index (χ0v) is 20.3. The number of hydrogen-bond donors (Lipinski definition) is 3. The molecule has 1 aromatic heterocycles. The molecule has 1 aliphatic heterocycles. The second kappa shape index (κ2) is 11.5. The largest absolute Gasteiger partial charge is 0.383 e. The number of nitrogens with zero attached hydrogens (tertiary/aromatic N) is 4. The Bertz CT molecular complexity index is 800. The van der Waals surface area contributed by atoms with Crippen LogP contribution in [0.1, 0.15) is 25.0 Å². The number of anilines is 1. The van der Waals surface area contributed by atoms with Gasteiger partial charge in [0.15, 0.2) is 5.96 Å². The van der Waals surface area contributed by atoms with Crippen molar-refractivity contribution in [3.63, 3.8) is 0 Å². The lowest BCUT2D eigenvalue weighted by atomic mass is 10.00. The van der Waals surface area contributed by atoms with Crippen LogP contribution < -0.4 is 15.5 Å². The molecule has 0 saturated carbocycles. The molecule has 8 nitrogen and oxygen atoms in total. The van der Waals surface area contributed by atoms with Gasteiger partial charge in [-0.25, -0.2) is 4.99 Å². The molecule has 1 atom stereocenters. The highest BCUT2D eigenvalue weighted by molar-refractivity contribution is 14.0. The van der Waals surface area contributed by atoms with Crippen molar-refractivity contribution in [1.29, 1.82) is 0 Å². The summed E-state index contributed by atoms with van der Waals surface area (Å²) >= 11 is 0. The fourth-order valence-electron chi connectivity index (χ4n) is 3.20. The predicted octanol–water partition coefficient (Wildman–Crippen LogP) is 1.84. The van der Waals surface area contributed by atoms with Gasteiger partial charge in [0.05, 0.1) is 32.5 Å². The molecule has 2 aromatic rings. The maximum Gasteiger partial charge on any atom is 0.191 e. The first-order valence-corrected chi connectivity index (χ1v) is 10.1. The van der Waals surface area contributed by atoms with Gasteiger partial charge in [-0.3, -0.25) is 4.68 Å². The number of guanidine groups is 1. The summed E-state index contributed by atoms with van der Waals surface area (Å²) in [4.78, 5) is 6.99. The van der Waals surface area contributed by atoms with Gasteiger partial charge < -0.3 is 25.4 Å². The summed E-state index contributed by atoms with van der Waals surface area (Å²) in [6, 6.07) is 8.51. The van der Waals surface area contributed by atoms with E-state index < -0.39 is 5.60 Å². The first-order chi connectivity index (χ1) is 14.0. The van der Waals surface area contributed by atoms with Crippen molar-refractivity contribution in [3.05, 3.63) is 47.8 Å². The Morgan fingerprint density at radius 2 is 1.93 bits per heavy atom. The van der Waals surface area contributed by atoms with E-state index in [0.29, 0.717) is 19.0 Å². The summed E-state index contributed by atoms with van der Waals surface area (Å²) in [7, 11) is 1.84. The molecule has 0 radical (unpaired) electrons. The minimum Gasteiger partial charge on any atom is -0.383 e. The van der Waals surface area contributed by atoms with E-state index in [9.17, 15) is 5.11 Å². The Balaban J connectivity index is 0.00000320. The summed E-state index contributed by atoms with van der Waals surface area (Å²) < 4.78 is 7.10. The van der Waals surface area contributed by atoms with Crippen LogP contribution in [0.4, 0.5) is 5.69 Å². The minimum absolute atomic E-state index is 0. The molecule has 3 rings (SSSR count). The van der Waals surface area contributed by atoms with E-state index >= 15 is 0 Å². The van der Waals surface area contributed by atoms with Crippen molar-refractivity contribution in [1.82, 2.24) is 20.4 Å². The summed E-state index contributed by atoms with van der Waals surface area (Å²) in [5.41, 5.74) is 2.09. The van der Waals surface area contributed by atoms with Crippen LogP contribution in [0.2, 0.25) is 0 Å². The van der Waals surface area contributed by atoms with Crippen molar-refractivity contribution in [3.8, 4) is 0 Å². The van der Waals surface area contributed by atoms with Gasteiger partial charge in [0.1, 0.15) is 5.60 Å². The Morgan fingerprint density at radius 3 is 2.53 bits per heavy atom. The molecule has 30 heavy (non-hydrogen) atoms. The number of aromatic nitrogens is 2. The van der Waals surface area contributed by atoms with Crippen LogP contribution in [0.5, 0.6) is 0 Å². The van der Waals surface area contributed by atoms with Crippen LogP contribution in [0.15, 0.2) is 41.7 Å². The predicted molar refractivity (Wildman–Crippen MR) is 130 cm³/mol. The third kappa shape index (κ3) is 6.85. The van der Waals surface area contributed by atoms with Gasteiger partial charge in [0, 0.05) is 44.1 Å². The average Bonchev–Trinajstić information content (AvgIpc) is 3.18. The molecule has 1 saturated heterocycles. The third-order valence-corrected chi connectivity index (χ3v) is 5.00. The van der Waals surface area contributed by atoms with Gasteiger partial charge in [-0.15, -0.1) is 24.0 Å². The lowest BCUT2D eigenvalue weighted by molar-refractivity contribution is 0.0616. The SMILES string of the molecule is CCNC(=NCc1ccc(N2CCOCC2)cc1)NCC(C)(O)c1cnn(C)c1.I. The number of aryl methyl sites for hydroxylation is 1. The van der Waals surface area contributed by atoms with Crippen LogP contribution in [0.25, 0.3) is 0 Å². The molecule has 1 fully saturated rings. The summed E-state index contributed by atoms with van der Waals surface area (Å²) in [5, 5.41) is 21.3. The van der Waals surface area contributed by atoms with E-state index in [0.717, 1.165) is 44.0 Å². The molecule has 166 valence electrons. The molecular weight excluding hydrogens is 495 g/mol. The highest BCUT2D eigenvalue weighted by atomic mass is 127. The van der Waals surface area contributed by atoms with Crippen molar-refractivity contribution < 1.29 is 9.84 Å². The number of halogens is 1.